The lowest BCUT2D eigenvalue weighted by molar-refractivity contribution is 0.175. The van der Waals surface area contributed by atoms with Crippen molar-refractivity contribution in [2.24, 2.45) is 7.05 Å². The molecule has 1 heterocycles. The van der Waals surface area contributed by atoms with Crippen molar-refractivity contribution in [2.75, 3.05) is 11.4 Å². The van der Waals surface area contributed by atoms with Gasteiger partial charge in [0.05, 0.1) is 12.3 Å². The molecule has 2 rings (SSSR count). The molecule has 1 atom stereocenters. The fourth-order valence-corrected chi connectivity index (χ4v) is 2.19. The summed E-state index contributed by atoms with van der Waals surface area (Å²) in [6.07, 6.45) is 2.35. The van der Waals surface area contributed by atoms with Gasteiger partial charge in [0.25, 0.3) is 0 Å². The highest BCUT2D eigenvalue weighted by Gasteiger charge is 2.14. The lowest BCUT2D eigenvalue weighted by Gasteiger charge is -2.27. The van der Waals surface area contributed by atoms with E-state index in [9.17, 15) is 5.11 Å². The summed E-state index contributed by atoms with van der Waals surface area (Å²) in [5.41, 5.74) is 3.49. The largest absolute Gasteiger partial charge is 0.391 e. The highest BCUT2D eigenvalue weighted by atomic mass is 16.3. The number of aliphatic hydroxyl groups is 1. The van der Waals surface area contributed by atoms with Gasteiger partial charge in [-0.25, -0.2) is 0 Å². The highest BCUT2D eigenvalue weighted by Crippen LogP contribution is 2.19. The van der Waals surface area contributed by atoms with Gasteiger partial charge in [-0.15, -0.1) is 0 Å². The lowest BCUT2D eigenvalue weighted by Crippen LogP contribution is -2.31. The third-order valence-corrected chi connectivity index (χ3v) is 3.72. The Bertz CT molecular complexity index is 536. The van der Waals surface area contributed by atoms with Crippen LogP contribution < -0.4 is 4.90 Å². The zero-order chi connectivity index (χ0) is 14.5. The second-order valence-corrected chi connectivity index (χ2v) is 5.16. The molecule has 1 aromatic heterocycles. The molecule has 0 aliphatic carbocycles. The van der Waals surface area contributed by atoms with Crippen molar-refractivity contribution in [3.8, 4) is 0 Å². The number of nitrogens with zero attached hydrogens (tertiary/aromatic N) is 3. The van der Waals surface area contributed by atoms with Crippen molar-refractivity contribution >= 4 is 5.69 Å². The minimum atomic E-state index is -0.313. The molecular weight excluding hydrogens is 250 g/mol. The first-order valence-electron chi connectivity index (χ1n) is 7.07. The van der Waals surface area contributed by atoms with E-state index in [0.29, 0.717) is 6.54 Å². The van der Waals surface area contributed by atoms with E-state index in [1.807, 2.05) is 43.0 Å². The van der Waals surface area contributed by atoms with Gasteiger partial charge in [-0.2, -0.15) is 5.10 Å². The topological polar surface area (TPSA) is 41.3 Å². The predicted molar refractivity (Wildman–Crippen MR) is 81.7 cm³/mol. The SMILES string of the molecule is CCC(O)CN(Cc1cnn(C)c1C)c1ccccc1. The molecule has 2 aromatic rings. The molecule has 4 nitrogen and oxygen atoms in total. The minimum Gasteiger partial charge on any atom is -0.391 e. The first kappa shape index (κ1) is 14.6. The van der Waals surface area contributed by atoms with Crippen molar-refractivity contribution in [1.29, 1.82) is 0 Å². The van der Waals surface area contributed by atoms with E-state index in [1.54, 1.807) is 0 Å². The van der Waals surface area contributed by atoms with Gasteiger partial charge < -0.3 is 10.0 Å². The Morgan fingerprint density at radius 2 is 2.00 bits per heavy atom. The van der Waals surface area contributed by atoms with Gasteiger partial charge in [0.15, 0.2) is 0 Å². The molecular formula is C16H23N3O. The lowest BCUT2D eigenvalue weighted by atomic mass is 10.2. The molecule has 0 spiro atoms. The van der Waals surface area contributed by atoms with Crippen molar-refractivity contribution in [2.45, 2.75) is 32.9 Å². The molecule has 0 aliphatic heterocycles. The number of aliphatic hydroxyl groups excluding tert-OH is 1. The Labute approximate surface area is 120 Å². The van der Waals surface area contributed by atoms with E-state index in [4.69, 9.17) is 0 Å². The predicted octanol–water partition coefficient (Wildman–Crippen LogP) is 2.51. The number of rotatable bonds is 6. The van der Waals surface area contributed by atoms with Crippen LogP contribution in [0.25, 0.3) is 0 Å². The van der Waals surface area contributed by atoms with Gasteiger partial charge >= 0.3 is 0 Å². The standard InChI is InChI=1S/C16H23N3O/c1-4-16(20)12-19(15-8-6-5-7-9-15)11-14-10-17-18(3)13(14)2/h5-10,16,20H,4,11-12H2,1-3H3. The molecule has 0 saturated carbocycles. The quantitative estimate of drug-likeness (QED) is 0.879. The number of aromatic nitrogens is 2. The second-order valence-electron chi connectivity index (χ2n) is 5.16. The van der Waals surface area contributed by atoms with Crippen LogP contribution >= 0.6 is 0 Å². The maximum Gasteiger partial charge on any atom is 0.0712 e. The van der Waals surface area contributed by atoms with Gasteiger partial charge in [0.2, 0.25) is 0 Å². The molecule has 0 amide bonds. The van der Waals surface area contributed by atoms with E-state index in [2.05, 4.69) is 29.1 Å². The Morgan fingerprint density at radius 1 is 1.30 bits per heavy atom. The minimum absolute atomic E-state index is 0.313. The van der Waals surface area contributed by atoms with Crippen molar-refractivity contribution < 1.29 is 5.11 Å². The number of hydrogen-bond donors (Lipinski definition) is 1. The van der Waals surface area contributed by atoms with E-state index >= 15 is 0 Å². The third kappa shape index (κ3) is 3.39. The average molecular weight is 273 g/mol. The number of anilines is 1. The molecule has 0 bridgehead atoms. The van der Waals surface area contributed by atoms with Crippen LogP contribution in [0.2, 0.25) is 0 Å². The van der Waals surface area contributed by atoms with Gasteiger partial charge in [-0.05, 0) is 25.5 Å². The summed E-state index contributed by atoms with van der Waals surface area (Å²) < 4.78 is 1.88. The summed E-state index contributed by atoms with van der Waals surface area (Å²) in [6.45, 7) is 5.47. The van der Waals surface area contributed by atoms with Crippen molar-refractivity contribution in [3.05, 3.63) is 47.8 Å². The molecule has 0 fully saturated rings. The normalized spacial score (nSPS) is 12.4. The fourth-order valence-electron chi connectivity index (χ4n) is 2.19. The van der Waals surface area contributed by atoms with E-state index in [1.165, 1.54) is 5.56 Å². The third-order valence-electron chi connectivity index (χ3n) is 3.72. The molecule has 0 saturated heterocycles. The summed E-state index contributed by atoms with van der Waals surface area (Å²) in [5.74, 6) is 0. The van der Waals surface area contributed by atoms with Gasteiger partial charge in [0, 0.05) is 37.1 Å². The number of benzene rings is 1. The Hall–Kier alpha value is -1.81. The van der Waals surface area contributed by atoms with Crippen molar-refractivity contribution in [1.82, 2.24) is 9.78 Å². The maximum atomic E-state index is 9.98. The van der Waals surface area contributed by atoms with Crippen LogP contribution in [0.3, 0.4) is 0 Å². The molecule has 1 unspecified atom stereocenters. The highest BCUT2D eigenvalue weighted by molar-refractivity contribution is 5.47. The first-order chi connectivity index (χ1) is 9.61. The summed E-state index contributed by atoms with van der Waals surface area (Å²) in [5, 5.41) is 14.3. The molecule has 1 N–H and O–H groups in total. The molecule has 1 aromatic carbocycles. The van der Waals surface area contributed by atoms with Crippen LogP contribution in [0.1, 0.15) is 24.6 Å². The second kappa shape index (κ2) is 6.57. The number of aryl methyl sites for hydroxylation is 1. The zero-order valence-electron chi connectivity index (χ0n) is 12.5. The molecule has 0 radical (unpaired) electrons. The molecule has 4 heteroatoms. The Balaban J connectivity index is 2.21. The first-order valence-corrected chi connectivity index (χ1v) is 7.07. The van der Waals surface area contributed by atoms with Crippen LogP contribution in [0.4, 0.5) is 5.69 Å². The number of hydrogen-bond acceptors (Lipinski definition) is 3. The summed E-state index contributed by atoms with van der Waals surface area (Å²) >= 11 is 0. The molecule has 108 valence electrons. The summed E-state index contributed by atoms with van der Waals surface area (Å²) in [7, 11) is 1.95. The van der Waals surface area contributed by atoms with Crippen LogP contribution in [-0.2, 0) is 13.6 Å². The summed E-state index contributed by atoms with van der Waals surface area (Å²) in [4.78, 5) is 2.21. The van der Waals surface area contributed by atoms with E-state index in [-0.39, 0.29) is 6.10 Å². The van der Waals surface area contributed by atoms with Crippen LogP contribution in [-0.4, -0.2) is 27.5 Å². The Kier molecular flexibility index (Phi) is 4.79. The molecule has 0 aliphatic rings. The van der Waals surface area contributed by atoms with Gasteiger partial charge in [-0.1, -0.05) is 25.1 Å². The molecule has 20 heavy (non-hydrogen) atoms. The van der Waals surface area contributed by atoms with Crippen LogP contribution in [0.15, 0.2) is 36.5 Å². The monoisotopic (exact) mass is 273 g/mol. The van der Waals surface area contributed by atoms with Gasteiger partial charge in [0.1, 0.15) is 0 Å². The smallest absolute Gasteiger partial charge is 0.0712 e. The fraction of sp³-hybridized carbons (Fsp3) is 0.438. The van der Waals surface area contributed by atoms with Crippen molar-refractivity contribution in [3.63, 3.8) is 0 Å². The maximum absolute atomic E-state index is 9.98. The van der Waals surface area contributed by atoms with Gasteiger partial charge in [-0.3, -0.25) is 4.68 Å². The van der Waals surface area contributed by atoms with Crippen LogP contribution in [0.5, 0.6) is 0 Å². The van der Waals surface area contributed by atoms with Crippen LogP contribution in [0, 0.1) is 6.92 Å². The average Bonchev–Trinajstić information content (AvgIpc) is 2.79. The Morgan fingerprint density at radius 3 is 2.55 bits per heavy atom. The summed E-state index contributed by atoms with van der Waals surface area (Å²) in [6, 6.07) is 10.2. The van der Waals surface area contributed by atoms with E-state index in [0.717, 1.165) is 24.3 Å². The number of para-hydroxylation sites is 1. The van der Waals surface area contributed by atoms with E-state index < -0.39 is 0 Å². The zero-order valence-corrected chi connectivity index (χ0v) is 12.5.